The molecular weight excluding hydrogens is 304 g/mol. The molecule has 0 N–H and O–H groups in total. The first-order chi connectivity index (χ1) is 11.7. The number of aromatic nitrogens is 3. The molecule has 122 valence electrons. The van der Waals surface area contributed by atoms with Gasteiger partial charge in [0.2, 0.25) is 11.7 Å². The second kappa shape index (κ2) is 5.63. The molecule has 1 aliphatic heterocycles. The quantitative estimate of drug-likeness (QED) is 0.726. The Balaban J connectivity index is 1.76. The smallest absolute Gasteiger partial charge is 0.258 e. The van der Waals surface area contributed by atoms with Crippen molar-refractivity contribution < 1.29 is 4.79 Å². The van der Waals surface area contributed by atoms with Gasteiger partial charge in [-0.2, -0.15) is 0 Å². The standard InChI is InChI=1S/C18H18N4O2/c1-13-5-2-3-6-14(13)20-10-4-7-15(17(20)24)21-11-12-22-16(23)8-9-19-18(21)22/h2-3,5-6,8-9,11-12,15H,4,7,10H2,1H3. The van der Waals surface area contributed by atoms with Crippen LogP contribution in [0.5, 0.6) is 0 Å². The molecule has 6 heteroatoms. The molecule has 0 spiro atoms. The first-order valence-corrected chi connectivity index (χ1v) is 8.08. The molecule has 1 fully saturated rings. The van der Waals surface area contributed by atoms with Crippen LogP contribution in [0.15, 0.2) is 53.7 Å². The predicted molar refractivity (Wildman–Crippen MR) is 91.3 cm³/mol. The Kier molecular flexibility index (Phi) is 3.45. The highest BCUT2D eigenvalue weighted by Crippen LogP contribution is 2.30. The topological polar surface area (TPSA) is 59.6 Å². The first-order valence-electron chi connectivity index (χ1n) is 8.08. The third-order valence-electron chi connectivity index (χ3n) is 4.62. The Labute approximate surface area is 139 Å². The van der Waals surface area contributed by atoms with E-state index in [1.165, 1.54) is 16.7 Å². The molecule has 0 saturated carbocycles. The molecule has 1 unspecified atom stereocenters. The van der Waals surface area contributed by atoms with Gasteiger partial charge in [-0.1, -0.05) is 18.2 Å². The summed E-state index contributed by atoms with van der Waals surface area (Å²) in [5, 5.41) is 0. The van der Waals surface area contributed by atoms with Crippen LogP contribution in [-0.4, -0.2) is 26.4 Å². The van der Waals surface area contributed by atoms with Gasteiger partial charge in [0.1, 0.15) is 6.04 Å². The number of hydrogen-bond donors (Lipinski definition) is 0. The van der Waals surface area contributed by atoms with Crippen LogP contribution >= 0.6 is 0 Å². The Hall–Kier alpha value is -2.89. The lowest BCUT2D eigenvalue weighted by molar-refractivity contribution is -0.123. The normalized spacial score (nSPS) is 18.3. The van der Waals surface area contributed by atoms with Crippen LogP contribution in [0.2, 0.25) is 0 Å². The summed E-state index contributed by atoms with van der Waals surface area (Å²) < 4.78 is 3.29. The van der Waals surface area contributed by atoms with Crippen LogP contribution in [-0.2, 0) is 4.79 Å². The predicted octanol–water partition coefficient (Wildman–Crippen LogP) is 2.17. The maximum absolute atomic E-state index is 13.1. The molecule has 0 aliphatic carbocycles. The molecule has 1 aromatic carbocycles. The van der Waals surface area contributed by atoms with Gasteiger partial charge in [-0.25, -0.2) is 4.98 Å². The third kappa shape index (κ3) is 2.22. The number of fused-ring (bicyclic) bond motifs is 1. The molecule has 1 atom stereocenters. The molecule has 3 aromatic rings. The third-order valence-corrected chi connectivity index (χ3v) is 4.62. The monoisotopic (exact) mass is 322 g/mol. The highest BCUT2D eigenvalue weighted by Gasteiger charge is 2.32. The number of piperidine rings is 1. The van der Waals surface area contributed by atoms with E-state index in [0.29, 0.717) is 12.3 Å². The minimum atomic E-state index is -0.336. The van der Waals surface area contributed by atoms with Gasteiger partial charge in [-0.15, -0.1) is 0 Å². The number of hydrogen-bond acceptors (Lipinski definition) is 3. The van der Waals surface area contributed by atoms with Gasteiger partial charge in [0, 0.05) is 36.9 Å². The van der Waals surface area contributed by atoms with Gasteiger partial charge in [0.05, 0.1) is 0 Å². The van der Waals surface area contributed by atoms with Gasteiger partial charge in [0.25, 0.3) is 5.56 Å². The zero-order chi connectivity index (χ0) is 16.7. The number of benzene rings is 1. The van der Waals surface area contributed by atoms with Crippen molar-refractivity contribution in [1.82, 2.24) is 14.0 Å². The highest BCUT2D eigenvalue weighted by atomic mass is 16.2. The molecule has 1 amide bonds. The van der Waals surface area contributed by atoms with Gasteiger partial charge in [-0.05, 0) is 31.4 Å². The second-order valence-electron chi connectivity index (χ2n) is 6.09. The summed E-state index contributed by atoms with van der Waals surface area (Å²) in [6.07, 6.45) is 6.58. The van der Waals surface area contributed by atoms with E-state index in [9.17, 15) is 9.59 Å². The number of carbonyl (C=O) groups is 1. The summed E-state index contributed by atoms with van der Waals surface area (Å²) in [5.41, 5.74) is 1.89. The number of anilines is 1. The maximum atomic E-state index is 13.1. The van der Waals surface area contributed by atoms with Gasteiger partial charge >= 0.3 is 0 Å². The summed E-state index contributed by atoms with van der Waals surface area (Å²) in [6, 6.07) is 8.99. The van der Waals surface area contributed by atoms with Crippen LogP contribution in [0.3, 0.4) is 0 Å². The fourth-order valence-corrected chi connectivity index (χ4v) is 3.41. The van der Waals surface area contributed by atoms with E-state index in [2.05, 4.69) is 4.98 Å². The molecule has 0 radical (unpaired) electrons. The fourth-order valence-electron chi connectivity index (χ4n) is 3.41. The second-order valence-corrected chi connectivity index (χ2v) is 6.09. The minimum Gasteiger partial charge on any atom is -0.310 e. The molecule has 4 rings (SSSR count). The van der Waals surface area contributed by atoms with Crippen LogP contribution in [0, 0.1) is 6.92 Å². The number of para-hydroxylation sites is 1. The molecule has 0 bridgehead atoms. The number of amides is 1. The van der Waals surface area contributed by atoms with Gasteiger partial charge < -0.3 is 9.47 Å². The van der Waals surface area contributed by atoms with E-state index in [1.807, 2.05) is 40.7 Å². The van der Waals surface area contributed by atoms with E-state index >= 15 is 0 Å². The van der Waals surface area contributed by atoms with Crippen molar-refractivity contribution in [3.63, 3.8) is 0 Å². The molecule has 1 saturated heterocycles. The van der Waals surface area contributed by atoms with Gasteiger partial charge in [-0.3, -0.25) is 14.0 Å². The van der Waals surface area contributed by atoms with Crippen molar-refractivity contribution in [2.45, 2.75) is 25.8 Å². The maximum Gasteiger partial charge on any atom is 0.258 e. The Morgan fingerprint density at radius 2 is 1.96 bits per heavy atom. The van der Waals surface area contributed by atoms with E-state index in [-0.39, 0.29) is 17.5 Å². The lowest BCUT2D eigenvalue weighted by Crippen LogP contribution is -2.42. The summed E-state index contributed by atoms with van der Waals surface area (Å²) in [5.74, 6) is 0.555. The van der Waals surface area contributed by atoms with Crippen molar-refractivity contribution in [1.29, 1.82) is 0 Å². The SMILES string of the molecule is Cc1ccccc1N1CCCC(n2ccn3c(=O)ccnc23)C1=O. The molecular formula is C18H18N4O2. The largest absolute Gasteiger partial charge is 0.310 e. The van der Waals surface area contributed by atoms with Crippen molar-refractivity contribution >= 4 is 17.4 Å². The first kappa shape index (κ1) is 14.7. The highest BCUT2D eigenvalue weighted by molar-refractivity contribution is 5.97. The van der Waals surface area contributed by atoms with Gasteiger partial charge in [0.15, 0.2) is 0 Å². The summed E-state index contributed by atoms with van der Waals surface area (Å²) >= 11 is 0. The fraction of sp³-hybridized carbons (Fsp3) is 0.278. The molecule has 3 heterocycles. The number of nitrogens with zero attached hydrogens (tertiary/aromatic N) is 4. The van der Waals surface area contributed by atoms with Crippen molar-refractivity contribution in [3.05, 3.63) is 64.8 Å². The Morgan fingerprint density at radius 3 is 2.79 bits per heavy atom. The van der Waals surface area contributed by atoms with Crippen LogP contribution in [0.4, 0.5) is 5.69 Å². The zero-order valence-electron chi connectivity index (χ0n) is 13.4. The lowest BCUT2D eigenvalue weighted by Gasteiger charge is -2.33. The van der Waals surface area contributed by atoms with E-state index in [0.717, 1.165) is 24.1 Å². The summed E-state index contributed by atoms with van der Waals surface area (Å²) in [7, 11) is 0. The van der Waals surface area contributed by atoms with Crippen molar-refractivity contribution in [2.24, 2.45) is 0 Å². The van der Waals surface area contributed by atoms with E-state index in [4.69, 9.17) is 0 Å². The van der Waals surface area contributed by atoms with Crippen molar-refractivity contribution in [3.8, 4) is 0 Å². The van der Waals surface area contributed by atoms with Crippen LogP contribution < -0.4 is 10.5 Å². The summed E-state index contributed by atoms with van der Waals surface area (Å²) in [4.78, 5) is 31.1. The molecule has 6 nitrogen and oxygen atoms in total. The zero-order valence-corrected chi connectivity index (χ0v) is 13.4. The van der Waals surface area contributed by atoms with E-state index in [1.54, 1.807) is 12.4 Å². The average Bonchev–Trinajstić information content (AvgIpc) is 3.01. The van der Waals surface area contributed by atoms with E-state index < -0.39 is 0 Å². The van der Waals surface area contributed by atoms with Crippen LogP contribution in [0.25, 0.3) is 5.78 Å². The molecule has 24 heavy (non-hydrogen) atoms. The number of imidazole rings is 1. The molecule has 2 aromatic heterocycles. The van der Waals surface area contributed by atoms with Crippen molar-refractivity contribution in [2.75, 3.05) is 11.4 Å². The Bertz CT molecular complexity index is 972. The Morgan fingerprint density at radius 1 is 1.12 bits per heavy atom. The summed E-state index contributed by atoms with van der Waals surface area (Å²) in [6.45, 7) is 2.73. The van der Waals surface area contributed by atoms with Crippen LogP contribution in [0.1, 0.15) is 24.4 Å². The number of rotatable bonds is 2. The average molecular weight is 322 g/mol. The minimum absolute atomic E-state index is 0.0479. The molecule has 1 aliphatic rings. The number of carbonyl (C=O) groups excluding carboxylic acids is 1. The number of aryl methyl sites for hydroxylation is 1. The lowest BCUT2D eigenvalue weighted by atomic mass is 10.0.